The lowest BCUT2D eigenvalue weighted by atomic mass is 9.97. The Balaban J connectivity index is 2.11. The number of hydrogen-bond donors (Lipinski definition) is 0. The van der Waals surface area contributed by atoms with Crippen LogP contribution in [-0.4, -0.2) is 48.8 Å². The SMILES string of the molecule is CC(=O)N(C)c1cc(C)c2c(c1)/C=C/C[C@@H]1OC(C)(C)O[C@@H]1C(=O)/C(F)=C\[C@@H](C)[C@H](C)OC2=O. The first-order valence-electron chi connectivity index (χ1n) is 11.3. The predicted molar refractivity (Wildman–Crippen MR) is 126 cm³/mol. The number of esters is 1. The molecule has 3 rings (SSSR count). The zero-order valence-electron chi connectivity index (χ0n) is 20.7. The number of ketones is 1. The molecule has 0 aliphatic carbocycles. The van der Waals surface area contributed by atoms with Crippen LogP contribution in [0.1, 0.15) is 62.5 Å². The van der Waals surface area contributed by atoms with Gasteiger partial charge in [-0.2, -0.15) is 0 Å². The Morgan fingerprint density at radius 2 is 1.85 bits per heavy atom. The molecule has 1 aromatic rings. The van der Waals surface area contributed by atoms with E-state index in [-0.39, 0.29) is 12.3 Å². The molecular formula is C26H32FNO6. The number of carbonyl (C=O) groups excluding carboxylic acids is 3. The van der Waals surface area contributed by atoms with Gasteiger partial charge in [-0.1, -0.05) is 19.1 Å². The molecule has 1 aromatic carbocycles. The Hall–Kier alpha value is -2.84. The number of fused-ring (bicyclic) bond motifs is 2. The van der Waals surface area contributed by atoms with E-state index in [1.807, 2.05) is 0 Å². The number of anilines is 1. The highest BCUT2D eigenvalue weighted by atomic mass is 19.1. The Labute approximate surface area is 199 Å². The molecule has 0 aromatic heterocycles. The number of amides is 1. The van der Waals surface area contributed by atoms with E-state index in [2.05, 4.69) is 0 Å². The Kier molecular flexibility index (Phi) is 7.43. The lowest BCUT2D eigenvalue weighted by Crippen LogP contribution is -2.32. The average molecular weight is 474 g/mol. The quantitative estimate of drug-likeness (QED) is 0.558. The highest BCUT2D eigenvalue weighted by molar-refractivity contribution is 5.99. The van der Waals surface area contributed by atoms with Crippen LogP contribution in [0.4, 0.5) is 10.1 Å². The Bertz CT molecular complexity index is 1060. The number of halogens is 1. The van der Waals surface area contributed by atoms with Crippen LogP contribution in [0.25, 0.3) is 6.08 Å². The van der Waals surface area contributed by atoms with Gasteiger partial charge in [-0.05, 0) is 63.5 Å². The first-order valence-corrected chi connectivity index (χ1v) is 11.3. The second-order valence-corrected chi connectivity index (χ2v) is 9.39. The Morgan fingerprint density at radius 3 is 2.50 bits per heavy atom. The number of ether oxygens (including phenoxy) is 3. The maximum absolute atomic E-state index is 14.8. The van der Waals surface area contributed by atoms with Crippen molar-refractivity contribution in [2.75, 3.05) is 11.9 Å². The number of aryl methyl sites for hydroxylation is 1. The molecule has 184 valence electrons. The van der Waals surface area contributed by atoms with E-state index in [1.54, 1.807) is 66.0 Å². The summed E-state index contributed by atoms with van der Waals surface area (Å²) in [5, 5.41) is 0. The van der Waals surface area contributed by atoms with Crippen LogP contribution in [0.5, 0.6) is 0 Å². The fourth-order valence-corrected chi connectivity index (χ4v) is 4.06. The molecule has 34 heavy (non-hydrogen) atoms. The van der Waals surface area contributed by atoms with Crippen LogP contribution in [-0.2, 0) is 23.8 Å². The molecule has 0 saturated carbocycles. The predicted octanol–water partition coefficient (Wildman–Crippen LogP) is 4.52. The molecule has 0 spiro atoms. The van der Waals surface area contributed by atoms with Crippen LogP contribution < -0.4 is 4.90 Å². The van der Waals surface area contributed by atoms with E-state index in [9.17, 15) is 18.8 Å². The molecule has 0 unspecified atom stereocenters. The molecular weight excluding hydrogens is 441 g/mol. The number of hydrogen-bond acceptors (Lipinski definition) is 6. The van der Waals surface area contributed by atoms with Crippen molar-refractivity contribution in [2.24, 2.45) is 5.92 Å². The molecule has 0 radical (unpaired) electrons. The Morgan fingerprint density at radius 1 is 1.18 bits per heavy atom. The third-order valence-electron chi connectivity index (χ3n) is 6.20. The fraction of sp³-hybridized carbons (Fsp3) is 0.500. The molecule has 1 amide bonds. The summed E-state index contributed by atoms with van der Waals surface area (Å²) in [6, 6.07) is 3.48. The minimum absolute atomic E-state index is 0.150. The van der Waals surface area contributed by atoms with Crippen molar-refractivity contribution in [3.8, 4) is 0 Å². The van der Waals surface area contributed by atoms with Crippen molar-refractivity contribution in [2.45, 2.75) is 72.1 Å². The van der Waals surface area contributed by atoms with E-state index in [4.69, 9.17) is 14.2 Å². The second kappa shape index (κ2) is 9.80. The minimum atomic E-state index is -1.10. The number of rotatable bonds is 1. The van der Waals surface area contributed by atoms with Crippen molar-refractivity contribution < 1.29 is 33.0 Å². The van der Waals surface area contributed by atoms with Crippen LogP contribution >= 0.6 is 0 Å². The van der Waals surface area contributed by atoms with Gasteiger partial charge in [0.2, 0.25) is 11.7 Å². The largest absolute Gasteiger partial charge is 0.458 e. The number of carbonyl (C=O) groups is 3. The van der Waals surface area contributed by atoms with Gasteiger partial charge in [-0.15, -0.1) is 0 Å². The summed E-state index contributed by atoms with van der Waals surface area (Å²) in [6.07, 6.45) is 2.39. The van der Waals surface area contributed by atoms with E-state index >= 15 is 0 Å². The average Bonchev–Trinajstić information content (AvgIpc) is 3.05. The summed E-state index contributed by atoms with van der Waals surface area (Å²) >= 11 is 0. The van der Waals surface area contributed by atoms with Crippen molar-refractivity contribution in [3.63, 3.8) is 0 Å². The van der Waals surface area contributed by atoms with Gasteiger partial charge in [0.15, 0.2) is 17.7 Å². The molecule has 2 aliphatic heterocycles. The molecule has 2 aliphatic rings. The molecule has 4 atom stereocenters. The first-order chi connectivity index (χ1) is 15.8. The zero-order chi connectivity index (χ0) is 25.4. The van der Waals surface area contributed by atoms with Crippen molar-refractivity contribution in [3.05, 3.63) is 46.8 Å². The van der Waals surface area contributed by atoms with E-state index in [0.717, 1.165) is 6.08 Å². The smallest absolute Gasteiger partial charge is 0.339 e. The first kappa shape index (κ1) is 25.8. The summed E-state index contributed by atoms with van der Waals surface area (Å²) in [6.45, 7) is 9.89. The van der Waals surface area contributed by atoms with Gasteiger partial charge >= 0.3 is 5.97 Å². The third kappa shape index (κ3) is 5.45. The second-order valence-electron chi connectivity index (χ2n) is 9.39. The standard InChI is InChI=1S/C26H32FNO6/c1-14-12-20(27)23(30)24-21(33-26(5,6)34-24)10-8-9-18-13-19(28(7)17(4)29)11-15(2)22(18)25(31)32-16(14)3/h8-9,11-14,16,21,24H,10H2,1-7H3/b9-8+,20-12+/t14-,16+,21+,24+/m1/s1. The number of nitrogens with zero attached hydrogens (tertiary/aromatic N) is 1. The van der Waals surface area contributed by atoms with Crippen molar-refractivity contribution in [1.82, 2.24) is 0 Å². The van der Waals surface area contributed by atoms with Crippen molar-refractivity contribution >= 4 is 29.4 Å². The summed E-state index contributed by atoms with van der Waals surface area (Å²) in [5.41, 5.74) is 2.18. The summed E-state index contributed by atoms with van der Waals surface area (Å²) in [4.78, 5) is 39.3. The van der Waals surface area contributed by atoms with Crippen LogP contribution in [0.3, 0.4) is 0 Å². The van der Waals surface area contributed by atoms with Gasteiger partial charge in [0, 0.05) is 25.6 Å². The topological polar surface area (TPSA) is 82.1 Å². The lowest BCUT2D eigenvalue weighted by molar-refractivity contribution is -0.153. The van der Waals surface area contributed by atoms with Gasteiger partial charge < -0.3 is 19.1 Å². The maximum atomic E-state index is 14.8. The number of cyclic esters (lactones) is 1. The highest BCUT2D eigenvalue weighted by Gasteiger charge is 2.45. The van der Waals surface area contributed by atoms with Gasteiger partial charge in [0.05, 0.1) is 11.7 Å². The third-order valence-corrected chi connectivity index (χ3v) is 6.20. The molecule has 0 N–H and O–H groups in total. The molecule has 1 fully saturated rings. The number of Topliss-reactive ketones (excluding diaryl/α,β-unsaturated/α-hetero) is 1. The molecule has 7 nitrogen and oxygen atoms in total. The van der Waals surface area contributed by atoms with E-state index < -0.39 is 47.6 Å². The van der Waals surface area contributed by atoms with Crippen molar-refractivity contribution in [1.29, 1.82) is 0 Å². The van der Waals surface area contributed by atoms with E-state index in [0.29, 0.717) is 22.4 Å². The maximum Gasteiger partial charge on any atom is 0.339 e. The number of benzene rings is 1. The van der Waals surface area contributed by atoms with Gasteiger partial charge in [-0.3, -0.25) is 9.59 Å². The summed E-state index contributed by atoms with van der Waals surface area (Å²) in [7, 11) is 1.65. The zero-order valence-corrected chi connectivity index (χ0v) is 20.7. The fourth-order valence-electron chi connectivity index (χ4n) is 4.06. The van der Waals surface area contributed by atoms with Gasteiger partial charge in [0.1, 0.15) is 6.10 Å². The van der Waals surface area contributed by atoms with Crippen LogP contribution in [0, 0.1) is 12.8 Å². The molecule has 1 saturated heterocycles. The van der Waals surface area contributed by atoms with Gasteiger partial charge in [0.25, 0.3) is 0 Å². The lowest BCUT2D eigenvalue weighted by Gasteiger charge is -2.22. The van der Waals surface area contributed by atoms with Crippen LogP contribution in [0.2, 0.25) is 0 Å². The molecule has 8 heteroatoms. The van der Waals surface area contributed by atoms with E-state index in [1.165, 1.54) is 11.8 Å². The molecule has 2 heterocycles. The summed E-state index contributed by atoms with van der Waals surface area (Å²) in [5.74, 6) is -4.06. The highest BCUT2D eigenvalue weighted by Crippen LogP contribution is 2.33. The minimum Gasteiger partial charge on any atom is -0.458 e. The monoisotopic (exact) mass is 473 g/mol. The normalized spacial score (nSPS) is 29.7. The summed E-state index contributed by atoms with van der Waals surface area (Å²) < 4.78 is 32.1. The molecule has 0 bridgehead atoms. The van der Waals surface area contributed by atoms with Crippen LogP contribution in [0.15, 0.2) is 30.1 Å². The van der Waals surface area contributed by atoms with Gasteiger partial charge in [-0.25, -0.2) is 9.18 Å².